The van der Waals surface area contributed by atoms with Crippen LogP contribution < -0.4 is 19.1 Å². The Labute approximate surface area is 178 Å². The summed E-state index contributed by atoms with van der Waals surface area (Å²) in [6.07, 6.45) is -0.792. The maximum atomic E-state index is 13.1. The van der Waals surface area contributed by atoms with Crippen LogP contribution in [0.25, 0.3) is 0 Å². The maximum absolute atomic E-state index is 13.1. The SMILES string of the molecule is COc1ccc([C@@H]2[C@H](Oc3ccccc3)C(=O)N2c2cccc([N+](=O)[O-])c2)cc1OC. The molecule has 0 saturated carbocycles. The fourth-order valence-electron chi connectivity index (χ4n) is 3.63. The number of carbonyl (C=O) groups excluding carboxylic acids is 1. The summed E-state index contributed by atoms with van der Waals surface area (Å²) in [5, 5.41) is 11.2. The van der Waals surface area contributed by atoms with E-state index in [1.807, 2.05) is 24.3 Å². The number of hydrogen-bond acceptors (Lipinski definition) is 6. The van der Waals surface area contributed by atoms with Gasteiger partial charge in [-0.1, -0.05) is 30.3 Å². The highest BCUT2D eigenvalue weighted by molar-refractivity contribution is 6.05. The Morgan fingerprint density at radius 2 is 1.65 bits per heavy atom. The molecular formula is C23H20N2O6. The van der Waals surface area contributed by atoms with Crippen LogP contribution >= 0.6 is 0 Å². The molecular weight excluding hydrogens is 400 g/mol. The van der Waals surface area contributed by atoms with Crippen molar-refractivity contribution in [2.45, 2.75) is 12.1 Å². The van der Waals surface area contributed by atoms with Gasteiger partial charge in [-0.3, -0.25) is 19.8 Å². The Morgan fingerprint density at radius 3 is 2.32 bits per heavy atom. The third kappa shape index (κ3) is 3.75. The van der Waals surface area contributed by atoms with Crippen LogP contribution in [-0.4, -0.2) is 31.2 Å². The largest absolute Gasteiger partial charge is 0.493 e. The van der Waals surface area contributed by atoms with Gasteiger partial charge in [-0.2, -0.15) is 0 Å². The minimum Gasteiger partial charge on any atom is -0.493 e. The molecule has 1 saturated heterocycles. The molecule has 2 atom stereocenters. The van der Waals surface area contributed by atoms with Crippen LogP contribution in [0.4, 0.5) is 11.4 Å². The van der Waals surface area contributed by atoms with E-state index in [0.29, 0.717) is 22.9 Å². The molecule has 0 bridgehead atoms. The minimum atomic E-state index is -0.792. The molecule has 1 aliphatic heterocycles. The Morgan fingerprint density at radius 1 is 0.903 bits per heavy atom. The molecule has 1 amide bonds. The van der Waals surface area contributed by atoms with Gasteiger partial charge in [0.25, 0.3) is 11.6 Å². The molecule has 0 aliphatic carbocycles. The molecule has 3 aromatic carbocycles. The van der Waals surface area contributed by atoms with E-state index in [1.54, 1.807) is 43.5 Å². The highest BCUT2D eigenvalue weighted by Gasteiger charge is 2.51. The second kappa shape index (κ2) is 8.35. The number of para-hydroxylation sites is 1. The minimum absolute atomic E-state index is 0.0937. The lowest BCUT2D eigenvalue weighted by molar-refractivity contribution is -0.384. The molecule has 3 aromatic rings. The maximum Gasteiger partial charge on any atom is 0.271 e. The van der Waals surface area contributed by atoms with Crippen molar-refractivity contribution in [3.8, 4) is 17.2 Å². The van der Waals surface area contributed by atoms with Crippen molar-refractivity contribution in [3.63, 3.8) is 0 Å². The molecule has 4 rings (SSSR count). The van der Waals surface area contributed by atoms with Crippen molar-refractivity contribution >= 4 is 17.3 Å². The van der Waals surface area contributed by atoms with Crippen molar-refractivity contribution in [2.75, 3.05) is 19.1 Å². The van der Waals surface area contributed by atoms with Crippen molar-refractivity contribution < 1.29 is 23.9 Å². The molecule has 8 nitrogen and oxygen atoms in total. The summed E-state index contributed by atoms with van der Waals surface area (Å²) < 4.78 is 16.7. The molecule has 0 spiro atoms. The van der Waals surface area contributed by atoms with Crippen LogP contribution in [0, 0.1) is 10.1 Å². The van der Waals surface area contributed by atoms with Crippen LogP contribution in [0.1, 0.15) is 11.6 Å². The lowest BCUT2D eigenvalue weighted by Gasteiger charge is -2.46. The highest BCUT2D eigenvalue weighted by Crippen LogP contribution is 2.44. The van der Waals surface area contributed by atoms with E-state index in [9.17, 15) is 14.9 Å². The van der Waals surface area contributed by atoms with E-state index in [0.717, 1.165) is 5.56 Å². The number of amides is 1. The number of ether oxygens (including phenoxy) is 3. The van der Waals surface area contributed by atoms with Gasteiger partial charge in [-0.25, -0.2) is 0 Å². The standard InChI is InChI=1S/C23H20N2O6/c1-29-19-12-11-15(13-20(19)30-2)21-22(31-18-9-4-3-5-10-18)23(26)24(21)16-7-6-8-17(14-16)25(27)28/h3-14,21-22H,1-2H3/t21-,22+/m1/s1. The van der Waals surface area contributed by atoms with E-state index in [1.165, 1.54) is 24.1 Å². The van der Waals surface area contributed by atoms with E-state index in [4.69, 9.17) is 14.2 Å². The van der Waals surface area contributed by atoms with Crippen molar-refractivity contribution in [1.29, 1.82) is 0 Å². The zero-order valence-corrected chi connectivity index (χ0v) is 16.9. The van der Waals surface area contributed by atoms with Gasteiger partial charge in [0.05, 0.1) is 24.8 Å². The molecule has 31 heavy (non-hydrogen) atoms. The van der Waals surface area contributed by atoms with Gasteiger partial charge in [0.1, 0.15) is 11.8 Å². The normalized spacial score (nSPS) is 17.6. The highest BCUT2D eigenvalue weighted by atomic mass is 16.6. The molecule has 1 fully saturated rings. The molecule has 0 N–H and O–H groups in total. The van der Waals surface area contributed by atoms with Crippen molar-refractivity contribution in [2.24, 2.45) is 0 Å². The number of nitro benzene ring substituents is 1. The number of nitro groups is 1. The smallest absolute Gasteiger partial charge is 0.271 e. The molecule has 0 unspecified atom stereocenters. The Kier molecular flexibility index (Phi) is 5.44. The number of nitrogens with zero attached hydrogens (tertiary/aromatic N) is 2. The third-order valence-corrected chi connectivity index (χ3v) is 5.12. The molecule has 1 aliphatic rings. The Hall–Kier alpha value is -4.07. The zero-order chi connectivity index (χ0) is 22.0. The summed E-state index contributed by atoms with van der Waals surface area (Å²) in [4.78, 5) is 25.3. The van der Waals surface area contributed by atoms with E-state index in [2.05, 4.69) is 0 Å². The third-order valence-electron chi connectivity index (χ3n) is 5.12. The number of anilines is 1. The number of non-ortho nitro benzene ring substituents is 1. The van der Waals surface area contributed by atoms with Crippen LogP contribution in [0.5, 0.6) is 17.2 Å². The lowest BCUT2D eigenvalue weighted by Crippen LogP contribution is -2.61. The molecule has 0 radical (unpaired) electrons. The summed E-state index contributed by atoms with van der Waals surface area (Å²) >= 11 is 0. The van der Waals surface area contributed by atoms with Crippen molar-refractivity contribution in [1.82, 2.24) is 0 Å². The van der Waals surface area contributed by atoms with Crippen LogP contribution in [0.3, 0.4) is 0 Å². The van der Waals surface area contributed by atoms with Gasteiger partial charge in [-0.05, 0) is 35.9 Å². The number of methoxy groups -OCH3 is 2. The van der Waals surface area contributed by atoms with Crippen molar-refractivity contribution in [3.05, 3.63) is 88.5 Å². The van der Waals surface area contributed by atoms with Crippen LogP contribution in [0.2, 0.25) is 0 Å². The first-order chi connectivity index (χ1) is 15.0. The average Bonchev–Trinajstić information content (AvgIpc) is 2.81. The molecule has 8 heteroatoms. The van der Waals surface area contributed by atoms with Gasteiger partial charge in [-0.15, -0.1) is 0 Å². The summed E-state index contributed by atoms with van der Waals surface area (Å²) in [5.74, 6) is 1.34. The number of benzene rings is 3. The summed E-state index contributed by atoms with van der Waals surface area (Å²) in [5.41, 5.74) is 1.08. The quantitative estimate of drug-likeness (QED) is 0.324. The van der Waals surface area contributed by atoms with Gasteiger partial charge < -0.3 is 14.2 Å². The summed E-state index contributed by atoms with van der Waals surface area (Å²) in [6, 6.07) is 19.9. The van der Waals surface area contributed by atoms with Crippen LogP contribution in [0.15, 0.2) is 72.8 Å². The number of hydrogen-bond donors (Lipinski definition) is 0. The number of carbonyl (C=O) groups is 1. The van der Waals surface area contributed by atoms with E-state index in [-0.39, 0.29) is 11.6 Å². The summed E-state index contributed by atoms with van der Waals surface area (Å²) in [6.45, 7) is 0. The Balaban J connectivity index is 1.75. The summed E-state index contributed by atoms with van der Waals surface area (Å²) in [7, 11) is 3.07. The van der Waals surface area contributed by atoms with Gasteiger partial charge in [0, 0.05) is 12.1 Å². The van der Waals surface area contributed by atoms with Gasteiger partial charge >= 0.3 is 0 Å². The number of β-lactam (4-membered cyclic amide) rings is 1. The molecule has 0 aromatic heterocycles. The monoisotopic (exact) mass is 420 g/mol. The first kappa shape index (κ1) is 20.2. The predicted molar refractivity (Wildman–Crippen MR) is 114 cm³/mol. The first-order valence-electron chi connectivity index (χ1n) is 9.54. The van der Waals surface area contributed by atoms with Gasteiger partial charge in [0.15, 0.2) is 11.5 Å². The average molecular weight is 420 g/mol. The predicted octanol–water partition coefficient (Wildman–Crippen LogP) is 4.15. The molecule has 1 heterocycles. The zero-order valence-electron chi connectivity index (χ0n) is 16.9. The lowest BCUT2D eigenvalue weighted by atomic mass is 9.89. The number of rotatable bonds is 7. The van der Waals surface area contributed by atoms with Crippen LogP contribution in [-0.2, 0) is 4.79 Å². The van der Waals surface area contributed by atoms with E-state index < -0.39 is 17.1 Å². The Bertz CT molecular complexity index is 1120. The second-order valence-corrected chi connectivity index (χ2v) is 6.90. The molecule has 158 valence electrons. The van der Waals surface area contributed by atoms with Gasteiger partial charge in [0.2, 0.25) is 6.10 Å². The fraction of sp³-hybridized carbons (Fsp3) is 0.174. The topological polar surface area (TPSA) is 91.1 Å². The fourth-order valence-corrected chi connectivity index (χ4v) is 3.63. The second-order valence-electron chi connectivity index (χ2n) is 6.90. The van der Waals surface area contributed by atoms with E-state index >= 15 is 0 Å². The first-order valence-corrected chi connectivity index (χ1v) is 9.54.